The summed E-state index contributed by atoms with van der Waals surface area (Å²) in [5.41, 5.74) is 3.18. The Morgan fingerprint density at radius 1 is 1.11 bits per heavy atom. The number of anilines is 2. The molecule has 0 saturated carbocycles. The van der Waals surface area contributed by atoms with E-state index in [-0.39, 0.29) is 34.6 Å². The second-order valence-corrected chi connectivity index (χ2v) is 6.54. The number of hydrogen-bond donors (Lipinski definition) is 1. The van der Waals surface area contributed by atoms with Gasteiger partial charge in [-0.05, 0) is 43.7 Å². The number of rotatable bonds is 5. The van der Waals surface area contributed by atoms with E-state index in [1.165, 1.54) is 37.1 Å². The molecule has 0 aliphatic rings. The molecule has 7 heteroatoms. The van der Waals surface area contributed by atoms with Gasteiger partial charge in [-0.2, -0.15) is 0 Å². The van der Waals surface area contributed by atoms with Gasteiger partial charge in [0.2, 0.25) is 11.8 Å². The van der Waals surface area contributed by atoms with E-state index in [0.717, 1.165) is 11.1 Å². The van der Waals surface area contributed by atoms with Crippen molar-refractivity contribution in [1.29, 1.82) is 0 Å². The monoisotopic (exact) mass is 388 g/mol. The van der Waals surface area contributed by atoms with Crippen LogP contribution in [0.25, 0.3) is 0 Å². The van der Waals surface area contributed by atoms with Crippen LogP contribution in [-0.4, -0.2) is 31.4 Å². The average Bonchev–Trinajstić information content (AvgIpc) is 2.62. The van der Waals surface area contributed by atoms with Gasteiger partial charge in [0.1, 0.15) is 6.54 Å². The maximum atomic E-state index is 12.5. The molecule has 27 heavy (non-hydrogen) atoms. The third-order valence-electron chi connectivity index (χ3n) is 4.00. The predicted octanol–water partition coefficient (Wildman–Crippen LogP) is 3.74. The lowest BCUT2D eigenvalue weighted by Crippen LogP contribution is -2.37. The summed E-state index contributed by atoms with van der Waals surface area (Å²) < 4.78 is 4.69. The van der Waals surface area contributed by atoms with Crippen LogP contribution < -0.4 is 10.2 Å². The number of benzene rings is 2. The van der Waals surface area contributed by atoms with Gasteiger partial charge in [0.05, 0.1) is 23.4 Å². The van der Waals surface area contributed by atoms with Crippen molar-refractivity contribution in [1.82, 2.24) is 0 Å². The number of ether oxygens (including phenoxy) is 1. The summed E-state index contributed by atoms with van der Waals surface area (Å²) in [6, 6.07) is 10.1. The van der Waals surface area contributed by atoms with Gasteiger partial charge in [-0.25, -0.2) is 4.79 Å². The molecule has 0 aromatic heterocycles. The van der Waals surface area contributed by atoms with Gasteiger partial charge in [-0.3, -0.25) is 9.59 Å². The minimum absolute atomic E-state index is 0.234. The second-order valence-electron chi connectivity index (χ2n) is 6.13. The molecule has 6 nitrogen and oxygen atoms in total. The Hall–Kier alpha value is -2.86. The quantitative estimate of drug-likeness (QED) is 0.792. The van der Waals surface area contributed by atoms with Crippen molar-refractivity contribution in [2.45, 2.75) is 20.8 Å². The van der Waals surface area contributed by atoms with Crippen molar-refractivity contribution in [2.75, 3.05) is 23.9 Å². The van der Waals surface area contributed by atoms with Crippen LogP contribution in [-0.2, 0) is 14.3 Å². The molecule has 0 fully saturated rings. The molecule has 0 aliphatic heterocycles. The maximum Gasteiger partial charge on any atom is 0.337 e. The molecular weight excluding hydrogens is 368 g/mol. The van der Waals surface area contributed by atoms with Gasteiger partial charge in [0.25, 0.3) is 0 Å². The van der Waals surface area contributed by atoms with Crippen LogP contribution >= 0.6 is 11.6 Å². The van der Waals surface area contributed by atoms with Gasteiger partial charge in [0.15, 0.2) is 0 Å². The van der Waals surface area contributed by atoms with Gasteiger partial charge in [-0.15, -0.1) is 0 Å². The largest absolute Gasteiger partial charge is 0.465 e. The van der Waals surface area contributed by atoms with Crippen molar-refractivity contribution >= 4 is 40.8 Å². The molecule has 0 radical (unpaired) electrons. The lowest BCUT2D eigenvalue weighted by Gasteiger charge is -2.22. The summed E-state index contributed by atoms with van der Waals surface area (Å²) in [5, 5.41) is 3.04. The van der Waals surface area contributed by atoms with Crippen LogP contribution in [0.4, 0.5) is 11.4 Å². The van der Waals surface area contributed by atoms with Crippen molar-refractivity contribution in [3.05, 3.63) is 58.1 Å². The first-order valence-electron chi connectivity index (χ1n) is 8.26. The Labute approximate surface area is 163 Å². The maximum absolute atomic E-state index is 12.5. The van der Waals surface area contributed by atoms with Crippen LogP contribution in [0.15, 0.2) is 36.4 Å². The van der Waals surface area contributed by atoms with E-state index in [1.54, 1.807) is 0 Å². The normalized spacial score (nSPS) is 10.3. The number of nitrogens with one attached hydrogen (secondary N) is 1. The van der Waals surface area contributed by atoms with E-state index < -0.39 is 5.97 Å². The van der Waals surface area contributed by atoms with Gasteiger partial charge in [-0.1, -0.05) is 29.3 Å². The first kappa shape index (κ1) is 20.5. The molecule has 0 saturated heterocycles. The fourth-order valence-electron chi connectivity index (χ4n) is 2.62. The fourth-order valence-corrected chi connectivity index (χ4v) is 2.84. The fraction of sp³-hybridized carbons (Fsp3) is 0.250. The zero-order valence-electron chi connectivity index (χ0n) is 15.6. The van der Waals surface area contributed by atoms with E-state index in [9.17, 15) is 14.4 Å². The Kier molecular flexibility index (Phi) is 6.58. The minimum Gasteiger partial charge on any atom is -0.465 e. The third-order valence-corrected chi connectivity index (χ3v) is 4.32. The van der Waals surface area contributed by atoms with Crippen molar-refractivity contribution in [3.63, 3.8) is 0 Å². The number of carbonyl (C=O) groups is 3. The van der Waals surface area contributed by atoms with Crippen LogP contribution in [0.2, 0.25) is 5.02 Å². The number of amides is 2. The molecule has 0 unspecified atom stereocenters. The Morgan fingerprint density at radius 2 is 1.81 bits per heavy atom. The molecule has 142 valence electrons. The first-order chi connectivity index (χ1) is 12.7. The topological polar surface area (TPSA) is 75.7 Å². The lowest BCUT2D eigenvalue weighted by molar-refractivity contribution is -0.120. The number of carbonyl (C=O) groups excluding carboxylic acids is 3. The summed E-state index contributed by atoms with van der Waals surface area (Å²) >= 11 is 6.19. The van der Waals surface area contributed by atoms with Gasteiger partial charge in [0, 0.05) is 12.6 Å². The summed E-state index contributed by atoms with van der Waals surface area (Å²) in [6.07, 6.45) is 0. The van der Waals surface area contributed by atoms with Crippen LogP contribution in [0.3, 0.4) is 0 Å². The molecule has 2 rings (SSSR count). The van der Waals surface area contributed by atoms with Gasteiger partial charge >= 0.3 is 5.97 Å². The molecule has 0 atom stereocenters. The summed E-state index contributed by atoms with van der Waals surface area (Å²) in [4.78, 5) is 37.6. The summed E-state index contributed by atoms with van der Waals surface area (Å²) in [6.45, 7) is 4.94. The van der Waals surface area contributed by atoms with Crippen LogP contribution in [0, 0.1) is 13.8 Å². The van der Waals surface area contributed by atoms with Gasteiger partial charge < -0.3 is 15.0 Å². The van der Waals surface area contributed by atoms with Crippen LogP contribution in [0.1, 0.15) is 28.4 Å². The molecule has 0 bridgehead atoms. The summed E-state index contributed by atoms with van der Waals surface area (Å²) in [7, 11) is 1.26. The second kappa shape index (κ2) is 8.68. The highest BCUT2D eigenvalue weighted by Crippen LogP contribution is 2.28. The van der Waals surface area contributed by atoms with Crippen LogP contribution in [0.5, 0.6) is 0 Å². The number of aryl methyl sites for hydroxylation is 2. The SMILES string of the molecule is COC(=O)c1ccc(Cl)c(N(CC(=O)Nc2ccc(C)cc2C)C(C)=O)c1. The highest BCUT2D eigenvalue weighted by molar-refractivity contribution is 6.34. The van der Waals surface area contributed by atoms with E-state index in [4.69, 9.17) is 11.6 Å². The molecule has 2 amide bonds. The van der Waals surface area contributed by atoms with Crippen molar-refractivity contribution in [2.24, 2.45) is 0 Å². The Bertz CT molecular complexity index is 896. The smallest absolute Gasteiger partial charge is 0.337 e. The molecular formula is C20H21ClN2O4. The van der Waals surface area contributed by atoms with E-state index in [2.05, 4.69) is 10.1 Å². The molecule has 0 heterocycles. The van der Waals surface area contributed by atoms with Crippen molar-refractivity contribution in [3.8, 4) is 0 Å². The molecule has 2 aromatic rings. The molecule has 0 spiro atoms. The predicted molar refractivity (Wildman–Crippen MR) is 105 cm³/mol. The van der Waals surface area contributed by atoms with E-state index in [1.807, 2.05) is 32.0 Å². The number of halogens is 1. The highest BCUT2D eigenvalue weighted by Gasteiger charge is 2.20. The standard InChI is InChI=1S/C20H21ClN2O4/c1-12-5-8-17(13(2)9-12)22-19(25)11-23(14(3)24)18-10-15(20(26)27-4)6-7-16(18)21/h5-10H,11H2,1-4H3,(H,22,25). The van der Waals surface area contributed by atoms with Crippen molar-refractivity contribution < 1.29 is 19.1 Å². The number of esters is 1. The minimum atomic E-state index is -0.559. The Morgan fingerprint density at radius 3 is 2.41 bits per heavy atom. The molecule has 1 N–H and O–H groups in total. The van der Waals surface area contributed by atoms with E-state index in [0.29, 0.717) is 5.69 Å². The zero-order valence-corrected chi connectivity index (χ0v) is 16.4. The van der Waals surface area contributed by atoms with E-state index >= 15 is 0 Å². The highest BCUT2D eigenvalue weighted by atomic mass is 35.5. The molecule has 2 aromatic carbocycles. The lowest BCUT2D eigenvalue weighted by atomic mass is 10.1. The Balaban J connectivity index is 2.26. The first-order valence-corrected chi connectivity index (χ1v) is 8.63. The third kappa shape index (κ3) is 5.08. The average molecular weight is 389 g/mol. The molecule has 0 aliphatic carbocycles. The number of hydrogen-bond acceptors (Lipinski definition) is 4. The summed E-state index contributed by atoms with van der Waals surface area (Å²) in [5.74, 6) is -1.32. The number of nitrogens with zero attached hydrogens (tertiary/aromatic N) is 1. The zero-order chi connectivity index (χ0) is 20.1. The number of methoxy groups -OCH3 is 1.